The Balaban J connectivity index is 1.66. The number of aliphatic hydroxyl groups excluding tert-OH is 1. The summed E-state index contributed by atoms with van der Waals surface area (Å²) in [7, 11) is -3.97. The first-order valence-electron chi connectivity index (χ1n) is 12.9. The van der Waals surface area contributed by atoms with Crippen LogP contribution < -0.4 is 14.4 Å². The zero-order chi connectivity index (χ0) is 28.8. The van der Waals surface area contributed by atoms with Crippen molar-refractivity contribution in [1.29, 1.82) is 0 Å². The zero-order valence-electron chi connectivity index (χ0n) is 22.3. The molecule has 2 aromatic heterocycles. The molecule has 2 fully saturated rings. The van der Waals surface area contributed by atoms with Crippen molar-refractivity contribution in [2.75, 3.05) is 44.3 Å². The van der Waals surface area contributed by atoms with Crippen molar-refractivity contribution in [3.8, 4) is 11.0 Å². The number of rotatable bonds is 10. The van der Waals surface area contributed by atoms with Crippen LogP contribution in [0, 0.1) is 5.92 Å². The molecule has 3 heterocycles. The average Bonchev–Trinajstić information content (AvgIpc) is 3.29. The Morgan fingerprint density at radius 2 is 1.90 bits per heavy atom. The molecule has 218 valence electrons. The lowest BCUT2D eigenvalue weighted by atomic mass is 10.1. The predicted molar refractivity (Wildman–Crippen MR) is 144 cm³/mol. The molecule has 40 heavy (non-hydrogen) atoms. The van der Waals surface area contributed by atoms with Gasteiger partial charge in [0.2, 0.25) is 26.9 Å². The van der Waals surface area contributed by atoms with Gasteiger partial charge in [0.1, 0.15) is 6.61 Å². The van der Waals surface area contributed by atoms with Crippen molar-refractivity contribution in [2.45, 2.75) is 50.5 Å². The minimum atomic E-state index is -3.97. The summed E-state index contributed by atoms with van der Waals surface area (Å²) in [6, 6.07) is 2.95. The number of alkyl halides is 2. The third-order valence-electron chi connectivity index (χ3n) is 6.95. The van der Waals surface area contributed by atoms with Gasteiger partial charge in [0, 0.05) is 37.6 Å². The van der Waals surface area contributed by atoms with E-state index in [2.05, 4.69) is 20.0 Å². The van der Waals surface area contributed by atoms with Crippen molar-refractivity contribution in [3.05, 3.63) is 17.1 Å². The number of carbonyl (C=O) groups excluding carboxylic acids is 1. The maximum atomic E-state index is 13.5. The fourth-order valence-corrected chi connectivity index (χ4v) is 6.74. The Hall–Kier alpha value is -2.95. The second kappa shape index (κ2) is 10.8. The van der Waals surface area contributed by atoms with E-state index in [1.807, 2.05) is 25.7 Å². The van der Waals surface area contributed by atoms with Crippen LogP contribution in [-0.4, -0.2) is 89.2 Å². The molecule has 0 spiro atoms. The van der Waals surface area contributed by atoms with Gasteiger partial charge in [-0.2, -0.15) is 0 Å². The molecule has 0 unspecified atom stereocenters. The van der Waals surface area contributed by atoms with Crippen LogP contribution in [0.5, 0.6) is 5.88 Å². The van der Waals surface area contributed by atoms with Crippen LogP contribution in [0.3, 0.4) is 0 Å². The lowest BCUT2D eigenvalue weighted by Gasteiger charge is -2.37. The number of nitrogens with one attached hydrogen (secondary N) is 1. The van der Waals surface area contributed by atoms with Crippen LogP contribution in [0.15, 0.2) is 17.0 Å². The maximum absolute atomic E-state index is 13.5. The number of sulfonamides is 1. The summed E-state index contributed by atoms with van der Waals surface area (Å²) < 4.78 is 63.4. The standard InChI is InChI=1S/C24H31F2N7O5S2/c1-14(2)22(35)32-8-6-31(7-9-32)16-12-15(40(36,37)30-24(3)4-5-24)13-17-18(16)20(38-11-10-34)29-33(17)23-28-27-21(39-23)19(25)26/h12-14,19,30,34H,4-11H2,1-3H3. The second-order valence-corrected chi connectivity index (χ2v) is 13.2. The third kappa shape index (κ3) is 5.62. The van der Waals surface area contributed by atoms with Crippen LogP contribution in [0.2, 0.25) is 0 Å². The molecule has 2 aliphatic rings. The van der Waals surface area contributed by atoms with Gasteiger partial charge in [-0.05, 0) is 31.9 Å². The minimum absolute atomic E-state index is 0.00843. The minimum Gasteiger partial charge on any atom is -0.474 e. The number of ether oxygens (including phenoxy) is 1. The lowest BCUT2D eigenvalue weighted by molar-refractivity contribution is -0.134. The molecule has 0 radical (unpaired) electrons. The second-order valence-electron chi connectivity index (χ2n) is 10.5. The van der Waals surface area contributed by atoms with Gasteiger partial charge in [-0.1, -0.05) is 25.2 Å². The van der Waals surface area contributed by atoms with Gasteiger partial charge in [0.05, 0.1) is 28.1 Å². The third-order valence-corrected chi connectivity index (χ3v) is 9.47. The molecule has 1 aliphatic carbocycles. The molecule has 1 amide bonds. The van der Waals surface area contributed by atoms with E-state index >= 15 is 0 Å². The highest BCUT2D eigenvalue weighted by Gasteiger charge is 2.42. The molecular weight excluding hydrogens is 568 g/mol. The number of aliphatic hydroxyl groups is 1. The number of fused-ring (bicyclic) bond motifs is 1. The number of aromatic nitrogens is 4. The van der Waals surface area contributed by atoms with Gasteiger partial charge in [0.25, 0.3) is 6.43 Å². The quantitative estimate of drug-likeness (QED) is 0.359. The Labute approximate surface area is 234 Å². The molecule has 3 aromatic rings. The van der Waals surface area contributed by atoms with Crippen LogP contribution >= 0.6 is 11.3 Å². The Kier molecular flexibility index (Phi) is 7.71. The summed E-state index contributed by atoms with van der Waals surface area (Å²) in [6.45, 7) is 6.80. The largest absolute Gasteiger partial charge is 0.474 e. The van der Waals surface area contributed by atoms with E-state index in [0.29, 0.717) is 61.4 Å². The van der Waals surface area contributed by atoms with Crippen LogP contribution in [0.4, 0.5) is 14.5 Å². The fourth-order valence-electron chi connectivity index (χ4n) is 4.57. The van der Waals surface area contributed by atoms with Gasteiger partial charge < -0.3 is 19.6 Å². The number of amides is 1. The highest BCUT2D eigenvalue weighted by Crippen LogP contribution is 2.41. The summed E-state index contributed by atoms with van der Waals surface area (Å²) in [5, 5.41) is 21.2. The van der Waals surface area contributed by atoms with E-state index in [-0.39, 0.29) is 46.5 Å². The van der Waals surface area contributed by atoms with E-state index in [4.69, 9.17) is 4.74 Å². The number of halogens is 2. The van der Waals surface area contributed by atoms with Crippen molar-refractivity contribution in [2.24, 2.45) is 5.92 Å². The first-order chi connectivity index (χ1) is 18.9. The summed E-state index contributed by atoms with van der Waals surface area (Å²) in [5.74, 6) is -0.0307. The van der Waals surface area contributed by atoms with Crippen molar-refractivity contribution < 1.29 is 31.8 Å². The van der Waals surface area contributed by atoms with Crippen LogP contribution in [0.25, 0.3) is 16.0 Å². The van der Waals surface area contributed by atoms with Crippen LogP contribution in [-0.2, 0) is 14.8 Å². The van der Waals surface area contributed by atoms with E-state index in [0.717, 1.165) is 0 Å². The molecule has 2 N–H and O–H groups in total. The number of piperazine rings is 1. The molecular formula is C24H31F2N7O5S2. The number of hydrogen-bond donors (Lipinski definition) is 2. The lowest BCUT2D eigenvalue weighted by Crippen LogP contribution is -2.50. The van der Waals surface area contributed by atoms with Gasteiger partial charge >= 0.3 is 0 Å². The number of benzene rings is 1. The Morgan fingerprint density at radius 3 is 2.48 bits per heavy atom. The molecule has 5 rings (SSSR count). The number of anilines is 1. The first-order valence-corrected chi connectivity index (χ1v) is 15.2. The molecule has 1 aromatic carbocycles. The SMILES string of the molecule is CC(C)C(=O)N1CCN(c2cc(S(=O)(=O)NC3(C)CC3)cc3c2c(OCCO)nn3-c2nnc(C(F)F)s2)CC1. The van der Waals surface area contributed by atoms with E-state index in [9.17, 15) is 27.1 Å². The smallest absolute Gasteiger partial charge is 0.291 e. The summed E-state index contributed by atoms with van der Waals surface area (Å²) in [4.78, 5) is 16.3. The number of carbonyl (C=O) groups is 1. The number of hydrogen-bond acceptors (Lipinski definition) is 10. The topological polar surface area (TPSA) is 143 Å². The Bertz CT molecular complexity index is 1510. The van der Waals surface area contributed by atoms with Gasteiger partial charge in [0.15, 0.2) is 5.01 Å². The summed E-state index contributed by atoms with van der Waals surface area (Å²) >= 11 is 0.628. The van der Waals surface area contributed by atoms with Gasteiger partial charge in [-0.15, -0.1) is 15.3 Å². The normalized spacial score (nSPS) is 17.3. The van der Waals surface area contributed by atoms with Crippen molar-refractivity contribution >= 4 is 43.9 Å². The Morgan fingerprint density at radius 1 is 1.20 bits per heavy atom. The average molecular weight is 600 g/mol. The summed E-state index contributed by atoms with van der Waals surface area (Å²) in [6.07, 6.45) is -1.41. The highest BCUT2D eigenvalue weighted by atomic mass is 32.2. The fraction of sp³-hybridized carbons (Fsp3) is 0.583. The maximum Gasteiger partial charge on any atom is 0.291 e. The van der Waals surface area contributed by atoms with E-state index in [1.54, 1.807) is 11.0 Å². The van der Waals surface area contributed by atoms with Crippen molar-refractivity contribution in [3.63, 3.8) is 0 Å². The molecule has 1 saturated heterocycles. The first kappa shape index (κ1) is 28.6. The van der Waals surface area contributed by atoms with Crippen LogP contribution in [0.1, 0.15) is 45.0 Å². The van der Waals surface area contributed by atoms with Gasteiger partial charge in [-0.3, -0.25) is 4.79 Å². The van der Waals surface area contributed by atoms with E-state index < -0.39 is 27.0 Å². The monoisotopic (exact) mass is 599 g/mol. The van der Waals surface area contributed by atoms with Gasteiger partial charge in [-0.25, -0.2) is 26.6 Å². The number of nitrogens with zero attached hydrogens (tertiary/aromatic N) is 6. The molecule has 0 bridgehead atoms. The predicted octanol–water partition coefficient (Wildman–Crippen LogP) is 2.32. The molecule has 16 heteroatoms. The molecule has 1 saturated carbocycles. The highest BCUT2D eigenvalue weighted by molar-refractivity contribution is 7.89. The summed E-state index contributed by atoms with van der Waals surface area (Å²) in [5.41, 5.74) is 0.232. The molecule has 1 aliphatic heterocycles. The molecule has 12 nitrogen and oxygen atoms in total. The van der Waals surface area contributed by atoms with Crippen molar-refractivity contribution in [1.82, 2.24) is 29.6 Å². The molecule has 0 atom stereocenters. The zero-order valence-corrected chi connectivity index (χ0v) is 23.9. The van der Waals surface area contributed by atoms with E-state index in [1.165, 1.54) is 10.7 Å².